The van der Waals surface area contributed by atoms with Crippen LogP contribution in [0.2, 0.25) is 0 Å². The Labute approximate surface area is 192 Å². The van der Waals surface area contributed by atoms with Crippen LogP contribution in [0, 0.1) is 0 Å². The highest BCUT2D eigenvalue weighted by molar-refractivity contribution is 7.17. The fourth-order valence-electron chi connectivity index (χ4n) is 3.67. The summed E-state index contributed by atoms with van der Waals surface area (Å²) in [5, 5.41) is 3.40. The van der Waals surface area contributed by atoms with Crippen molar-refractivity contribution in [1.82, 2.24) is 4.90 Å². The summed E-state index contributed by atoms with van der Waals surface area (Å²) in [4.78, 5) is 28.0. The number of nitrogens with zero attached hydrogens (tertiary/aromatic N) is 1. The smallest absolute Gasteiger partial charge is 0.251 e. The number of thiophene rings is 1. The van der Waals surface area contributed by atoms with E-state index >= 15 is 0 Å². The zero-order chi connectivity index (χ0) is 20.9. The van der Waals surface area contributed by atoms with E-state index in [1.54, 1.807) is 6.08 Å². The van der Waals surface area contributed by atoms with E-state index in [1.165, 1.54) is 23.0 Å². The molecule has 0 saturated heterocycles. The maximum Gasteiger partial charge on any atom is 0.251 e. The van der Waals surface area contributed by atoms with Crippen LogP contribution in [-0.4, -0.2) is 23.3 Å². The number of amides is 2. The predicted octanol–water partition coefficient (Wildman–Crippen LogP) is 4.48. The quantitative estimate of drug-likeness (QED) is 0.540. The maximum absolute atomic E-state index is 12.4. The molecular weight excluding hydrogens is 430 g/mol. The third-order valence-electron chi connectivity index (χ3n) is 5.09. The van der Waals surface area contributed by atoms with E-state index in [0.29, 0.717) is 10.6 Å². The van der Waals surface area contributed by atoms with E-state index in [0.717, 1.165) is 42.1 Å². The van der Waals surface area contributed by atoms with Gasteiger partial charge in [0.05, 0.1) is 5.56 Å². The van der Waals surface area contributed by atoms with E-state index in [1.807, 2.05) is 48.5 Å². The van der Waals surface area contributed by atoms with Gasteiger partial charge in [-0.05, 0) is 29.2 Å². The number of halogens is 1. The summed E-state index contributed by atoms with van der Waals surface area (Å²) in [6.07, 6.45) is 3.96. The van der Waals surface area contributed by atoms with Gasteiger partial charge in [0.1, 0.15) is 5.00 Å². The van der Waals surface area contributed by atoms with Gasteiger partial charge in [-0.25, -0.2) is 0 Å². The van der Waals surface area contributed by atoms with Gasteiger partial charge in [0.25, 0.3) is 5.91 Å². The topological polar surface area (TPSA) is 75.4 Å². The van der Waals surface area contributed by atoms with E-state index < -0.39 is 5.91 Å². The van der Waals surface area contributed by atoms with Gasteiger partial charge in [0, 0.05) is 30.6 Å². The second kappa shape index (κ2) is 10.4. The Bertz CT molecular complexity index is 1080. The van der Waals surface area contributed by atoms with Gasteiger partial charge in [0.2, 0.25) is 5.91 Å². The summed E-state index contributed by atoms with van der Waals surface area (Å²) >= 11 is 1.45. The zero-order valence-corrected chi connectivity index (χ0v) is 18.5. The van der Waals surface area contributed by atoms with Crippen LogP contribution >= 0.6 is 23.7 Å². The SMILES string of the molecule is Cl.NC(=O)c1c(NC(=O)C=Cc2ccccc2)sc2c1CCN(Cc1ccccc1)C2. The highest BCUT2D eigenvalue weighted by atomic mass is 35.5. The van der Waals surface area contributed by atoms with E-state index in [4.69, 9.17) is 5.73 Å². The molecule has 0 saturated carbocycles. The Morgan fingerprint density at radius 2 is 1.74 bits per heavy atom. The Morgan fingerprint density at radius 1 is 1.06 bits per heavy atom. The van der Waals surface area contributed by atoms with Crippen molar-refractivity contribution >= 4 is 46.6 Å². The Kier molecular flexibility index (Phi) is 7.63. The minimum Gasteiger partial charge on any atom is -0.365 e. The lowest BCUT2D eigenvalue weighted by atomic mass is 10.0. The van der Waals surface area contributed by atoms with E-state index in [-0.39, 0.29) is 18.3 Å². The highest BCUT2D eigenvalue weighted by Crippen LogP contribution is 2.37. The number of benzene rings is 2. The normalized spacial score (nSPS) is 13.4. The maximum atomic E-state index is 12.4. The van der Waals surface area contributed by atoms with Crippen molar-refractivity contribution in [1.29, 1.82) is 0 Å². The van der Waals surface area contributed by atoms with Gasteiger partial charge in [-0.1, -0.05) is 60.7 Å². The summed E-state index contributed by atoms with van der Waals surface area (Å²) in [5.41, 5.74) is 9.28. The molecule has 7 heteroatoms. The molecule has 2 amide bonds. The molecule has 0 radical (unpaired) electrons. The molecule has 0 bridgehead atoms. The molecule has 0 spiro atoms. The summed E-state index contributed by atoms with van der Waals surface area (Å²) in [5.74, 6) is -0.771. The molecule has 3 aromatic rings. The van der Waals surface area contributed by atoms with Crippen LogP contribution in [0.4, 0.5) is 5.00 Å². The molecule has 0 unspecified atom stereocenters. The first kappa shape index (κ1) is 22.7. The average Bonchev–Trinajstić information content (AvgIpc) is 3.11. The molecule has 1 aliphatic heterocycles. The van der Waals surface area contributed by atoms with Crippen LogP contribution < -0.4 is 11.1 Å². The third kappa shape index (κ3) is 5.61. The van der Waals surface area contributed by atoms with Crippen molar-refractivity contribution in [2.24, 2.45) is 5.73 Å². The first-order valence-electron chi connectivity index (χ1n) is 9.85. The van der Waals surface area contributed by atoms with Crippen LogP contribution in [0.3, 0.4) is 0 Å². The number of nitrogens with two attached hydrogens (primary N) is 1. The molecule has 0 atom stereocenters. The lowest BCUT2D eigenvalue weighted by Crippen LogP contribution is -2.30. The van der Waals surface area contributed by atoms with Gasteiger partial charge >= 0.3 is 0 Å². The minimum atomic E-state index is -0.494. The number of carbonyl (C=O) groups is 2. The number of hydrogen-bond acceptors (Lipinski definition) is 4. The lowest BCUT2D eigenvalue weighted by Gasteiger charge is -2.27. The molecule has 0 aliphatic carbocycles. The molecule has 4 rings (SSSR count). The van der Waals surface area contributed by atoms with Crippen LogP contribution in [0.1, 0.15) is 31.9 Å². The van der Waals surface area contributed by atoms with Crippen molar-refractivity contribution in [3.05, 3.63) is 93.9 Å². The van der Waals surface area contributed by atoms with Crippen molar-refractivity contribution in [3.8, 4) is 0 Å². The number of carbonyl (C=O) groups excluding carboxylic acids is 2. The summed E-state index contributed by atoms with van der Waals surface area (Å²) < 4.78 is 0. The Hall–Kier alpha value is -2.93. The summed E-state index contributed by atoms with van der Waals surface area (Å²) in [6, 6.07) is 19.9. The molecule has 5 nitrogen and oxygen atoms in total. The summed E-state index contributed by atoms with van der Waals surface area (Å²) in [6.45, 7) is 2.44. The second-order valence-corrected chi connectivity index (χ2v) is 8.36. The number of hydrogen-bond donors (Lipinski definition) is 2. The molecule has 3 N–H and O–H groups in total. The fraction of sp³-hybridized carbons (Fsp3) is 0.167. The van der Waals surface area contributed by atoms with Crippen LogP contribution in [0.25, 0.3) is 6.08 Å². The minimum absolute atomic E-state index is 0. The monoisotopic (exact) mass is 453 g/mol. The molecule has 160 valence electrons. The first-order valence-corrected chi connectivity index (χ1v) is 10.7. The largest absolute Gasteiger partial charge is 0.365 e. The van der Waals surface area contributed by atoms with Crippen molar-refractivity contribution in [3.63, 3.8) is 0 Å². The molecule has 1 aliphatic rings. The van der Waals surface area contributed by atoms with Crippen LogP contribution in [-0.2, 0) is 24.3 Å². The number of primary amides is 1. The first-order chi connectivity index (χ1) is 14.6. The van der Waals surface area contributed by atoms with Gasteiger partial charge in [-0.3, -0.25) is 14.5 Å². The van der Waals surface area contributed by atoms with Crippen molar-refractivity contribution in [2.45, 2.75) is 19.5 Å². The number of fused-ring (bicyclic) bond motifs is 1. The number of nitrogens with one attached hydrogen (secondary N) is 1. The van der Waals surface area contributed by atoms with E-state index in [9.17, 15) is 9.59 Å². The van der Waals surface area contributed by atoms with Gasteiger partial charge in [-0.2, -0.15) is 0 Å². The van der Waals surface area contributed by atoms with Crippen LogP contribution in [0.15, 0.2) is 66.7 Å². The molecule has 2 heterocycles. The molecule has 0 fully saturated rings. The second-order valence-electron chi connectivity index (χ2n) is 7.25. The molecule has 31 heavy (non-hydrogen) atoms. The van der Waals surface area contributed by atoms with Gasteiger partial charge < -0.3 is 11.1 Å². The standard InChI is InChI=1S/C24H23N3O2S.ClH/c25-23(29)22-19-13-14-27(15-18-9-5-2-6-10-18)16-20(19)30-24(22)26-21(28)12-11-17-7-3-1-4-8-17;/h1-12H,13-16H2,(H2,25,29)(H,26,28);1H. The number of rotatable bonds is 6. The lowest BCUT2D eigenvalue weighted by molar-refractivity contribution is -0.111. The van der Waals surface area contributed by atoms with Crippen molar-refractivity contribution in [2.75, 3.05) is 11.9 Å². The average molecular weight is 454 g/mol. The Morgan fingerprint density at radius 3 is 2.42 bits per heavy atom. The fourth-order valence-corrected chi connectivity index (χ4v) is 4.97. The molecule has 1 aromatic heterocycles. The zero-order valence-electron chi connectivity index (χ0n) is 16.9. The molecular formula is C24H24ClN3O2S. The molecule has 2 aromatic carbocycles. The predicted molar refractivity (Wildman–Crippen MR) is 128 cm³/mol. The highest BCUT2D eigenvalue weighted by Gasteiger charge is 2.27. The summed E-state index contributed by atoms with van der Waals surface area (Å²) in [7, 11) is 0. The third-order valence-corrected chi connectivity index (χ3v) is 6.23. The van der Waals surface area contributed by atoms with Gasteiger partial charge in [0.15, 0.2) is 0 Å². The van der Waals surface area contributed by atoms with Crippen LogP contribution in [0.5, 0.6) is 0 Å². The Balaban J connectivity index is 0.00000272. The van der Waals surface area contributed by atoms with E-state index in [2.05, 4.69) is 22.3 Å². The number of anilines is 1. The van der Waals surface area contributed by atoms with Crippen molar-refractivity contribution < 1.29 is 9.59 Å². The van der Waals surface area contributed by atoms with Gasteiger partial charge in [-0.15, -0.1) is 23.7 Å².